The van der Waals surface area contributed by atoms with Crippen LogP contribution in [-0.2, 0) is 0 Å². The highest BCUT2D eigenvalue weighted by molar-refractivity contribution is 5.94. The van der Waals surface area contributed by atoms with E-state index >= 15 is 0 Å². The molecular weight excluding hydrogens is 212 g/mol. The van der Waals surface area contributed by atoms with E-state index in [1.165, 1.54) is 0 Å². The quantitative estimate of drug-likeness (QED) is 0.860. The predicted octanol–water partition coefficient (Wildman–Crippen LogP) is 1.81. The van der Waals surface area contributed by atoms with Gasteiger partial charge in [-0.05, 0) is 44.4 Å². The number of nitrogens with two attached hydrogens (primary N) is 1. The van der Waals surface area contributed by atoms with E-state index in [0.29, 0.717) is 5.92 Å². The maximum Gasteiger partial charge on any atom is 0.253 e. The van der Waals surface area contributed by atoms with E-state index in [1.54, 1.807) is 0 Å². The van der Waals surface area contributed by atoms with Gasteiger partial charge in [-0.15, -0.1) is 0 Å². The molecule has 1 aromatic rings. The van der Waals surface area contributed by atoms with Crippen LogP contribution in [0.4, 0.5) is 0 Å². The van der Waals surface area contributed by atoms with Crippen LogP contribution in [0.2, 0.25) is 0 Å². The molecule has 1 saturated heterocycles. The van der Waals surface area contributed by atoms with Gasteiger partial charge >= 0.3 is 0 Å². The highest BCUT2D eigenvalue weighted by Crippen LogP contribution is 2.22. The average molecular weight is 232 g/mol. The molecule has 1 aliphatic rings. The molecule has 2 N–H and O–H groups in total. The molecule has 1 heterocycles. The molecule has 0 saturated carbocycles. The maximum absolute atomic E-state index is 12.1. The Kier molecular flexibility index (Phi) is 3.79. The lowest BCUT2D eigenvalue weighted by atomic mass is 9.93. The van der Waals surface area contributed by atoms with Gasteiger partial charge < -0.3 is 10.6 Å². The summed E-state index contributed by atoms with van der Waals surface area (Å²) in [5.41, 5.74) is 7.42. The molecule has 0 aromatic heterocycles. The third kappa shape index (κ3) is 2.86. The fourth-order valence-electron chi connectivity index (χ4n) is 2.29. The van der Waals surface area contributed by atoms with Gasteiger partial charge in [0.05, 0.1) is 0 Å². The highest BCUT2D eigenvalue weighted by Gasteiger charge is 2.30. The first-order valence-corrected chi connectivity index (χ1v) is 6.26. The van der Waals surface area contributed by atoms with Crippen molar-refractivity contribution in [3.8, 4) is 0 Å². The Morgan fingerprint density at radius 3 is 2.88 bits per heavy atom. The van der Waals surface area contributed by atoms with Gasteiger partial charge in [0.1, 0.15) is 0 Å². The van der Waals surface area contributed by atoms with E-state index in [-0.39, 0.29) is 5.91 Å². The van der Waals surface area contributed by atoms with Gasteiger partial charge in [-0.25, -0.2) is 0 Å². The molecule has 2 rings (SSSR count). The highest BCUT2D eigenvalue weighted by atomic mass is 16.2. The largest absolute Gasteiger partial charge is 0.338 e. The zero-order chi connectivity index (χ0) is 12.3. The SMILES string of the molecule is Cc1cccc(C(=O)N2CC(CCCN)C2)c1. The summed E-state index contributed by atoms with van der Waals surface area (Å²) in [6.45, 7) is 4.55. The zero-order valence-electron chi connectivity index (χ0n) is 10.4. The van der Waals surface area contributed by atoms with Crippen LogP contribution < -0.4 is 5.73 Å². The molecule has 1 aliphatic heterocycles. The molecule has 1 fully saturated rings. The van der Waals surface area contributed by atoms with E-state index in [0.717, 1.165) is 43.6 Å². The smallest absolute Gasteiger partial charge is 0.253 e. The van der Waals surface area contributed by atoms with Crippen molar-refractivity contribution in [1.82, 2.24) is 4.90 Å². The van der Waals surface area contributed by atoms with E-state index < -0.39 is 0 Å². The van der Waals surface area contributed by atoms with Gasteiger partial charge in [0.15, 0.2) is 0 Å². The van der Waals surface area contributed by atoms with Crippen molar-refractivity contribution in [2.75, 3.05) is 19.6 Å². The standard InChI is InChI=1S/C14H20N2O/c1-11-4-2-6-13(8-11)14(17)16-9-12(10-16)5-3-7-15/h2,4,6,8,12H,3,5,7,9-10,15H2,1H3. The number of aryl methyl sites for hydroxylation is 1. The van der Waals surface area contributed by atoms with Gasteiger partial charge in [-0.1, -0.05) is 17.7 Å². The molecule has 1 amide bonds. The number of likely N-dealkylation sites (tertiary alicyclic amines) is 1. The molecule has 3 nitrogen and oxygen atoms in total. The van der Waals surface area contributed by atoms with Gasteiger partial charge in [-0.2, -0.15) is 0 Å². The maximum atomic E-state index is 12.1. The van der Waals surface area contributed by atoms with Crippen molar-refractivity contribution in [2.45, 2.75) is 19.8 Å². The molecule has 92 valence electrons. The Morgan fingerprint density at radius 2 is 2.24 bits per heavy atom. The molecule has 0 spiro atoms. The van der Waals surface area contributed by atoms with Crippen LogP contribution in [0.25, 0.3) is 0 Å². The van der Waals surface area contributed by atoms with Crippen LogP contribution in [0.5, 0.6) is 0 Å². The lowest BCUT2D eigenvalue weighted by molar-refractivity contribution is 0.0483. The van der Waals surface area contributed by atoms with Gasteiger partial charge in [0.2, 0.25) is 0 Å². The third-order valence-electron chi connectivity index (χ3n) is 3.33. The van der Waals surface area contributed by atoms with E-state index in [4.69, 9.17) is 5.73 Å². The number of hydrogen-bond acceptors (Lipinski definition) is 2. The Hall–Kier alpha value is -1.35. The van der Waals surface area contributed by atoms with Crippen LogP contribution in [0.1, 0.15) is 28.8 Å². The minimum absolute atomic E-state index is 0.165. The molecule has 0 aliphatic carbocycles. The van der Waals surface area contributed by atoms with Gasteiger partial charge in [0.25, 0.3) is 5.91 Å². The summed E-state index contributed by atoms with van der Waals surface area (Å²) in [4.78, 5) is 14.0. The lowest BCUT2D eigenvalue weighted by Crippen LogP contribution is -2.50. The lowest BCUT2D eigenvalue weighted by Gasteiger charge is -2.39. The van der Waals surface area contributed by atoms with Crippen molar-refractivity contribution in [1.29, 1.82) is 0 Å². The fraction of sp³-hybridized carbons (Fsp3) is 0.500. The number of carbonyl (C=O) groups is 1. The number of hydrogen-bond donors (Lipinski definition) is 1. The molecule has 0 radical (unpaired) electrons. The second kappa shape index (κ2) is 5.32. The van der Waals surface area contributed by atoms with Crippen molar-refractivity contribution in [3.63, 3.8) is 0 Å². The summed E-state index contributed by atoms with van der Waals surface area (Å²) in [6.07, 6.45) is 2.21. The van der Waals surface area contributed by atoms with E-state index in [1.807, 2.05) is 36.1 Å². The summed E-state index contributed by atoms with van der Waals surface area (Å²) < 4.78 is 0. The summed E-state index contributed by atoms with van der Waals surface area (Å²) in [7, 11) is 0. The first-order valence-electron chi connectivity index (χ1n) is 6.26. The van der Waals surface area contributed by atoms with Crippen LogP contribution in [0.15, 0.2) is 24.3 Å². The molecule has 0 bridgehead atoms. The number of rotatable bonds is 4. The first kappa shape index (κ1) is 12.1. The van der Waals surface area contributed by atoms with Crippen LogP contribution in [-0.4, -0.2) is 30.4 Å². The molecule has 17 heavy (non-hydrogen) atoms. The first-order chi connectivity index (χ1) is 8.20. The molecule has 1 aromatic carbocycles. The summed E-state index contributed by atoms with van der Waals surface area (Å²) in [5.74, 6) is 0.824. The van der Waals surface area contributed by atoms with Crippen LogP contribution >= 0.6 is 0 Å². The average Bonchev–Trinajstić information content (AvgIpc) is 2.27. The number of amides is 1. The van der Waals surface area contributed by atoms with Crippen molar-refractivity contribution in [2.24, 2.45) is 11.7 Å². The van der Waals surface area contributed by atoms with Crippen molar-refractivity contribution >= 4 is 5.91 Å². The van der Waals surface area contributed by atoms with E-state index in [9.17, 15) is 4.79 Å². The Labute approximate surface area is 103 Å². The number of carbonyl (C=O) groups excluding carboxylic acids is 1. The summed E-state index contributed by atoms with van der Waals surface area (Å²) in [6, 6.07) is 7.79. The second-order valence-corrected chi connectivity index (χ2v) is 4.88. The number of benzene rings is 1. The second-order valence-electron chi connectivity index (χ2n) is 4.88. The summed E-state index contributed by atoms with van der Waals surface area (Å²) >= 11 is 0. The summed E-state index contributed by atoms with van der Waals surface area (Å²) in [5, 5.41) is 0. The predicted molar refractivity (Wildman–Crippen MR) is 68.9 cm³/mol. The normalized spacial score (nSPS) is 15.8. The molecule has 0 atom stereocenters. The topological polar surface area (TPSA) is 46.3 Å². The number of nitrogens with zero attached hydrogens (tertiary/aromatic N) is 1. The Balaban J connectivity index is 1.87. The molecular formula is C14H20N2O. The molecule has 0 unspecified atom stereocenters. The minimum Gasteiger partial charge on any atom is -0.338 e. The molecule has 3 heteroatoms. The zero-order valence-corrected chi connectivity index (χ0v) is 10.4. The van der Waals surface area contributed by atoms with Crippen molar-refractivity contribution in [3.05, 3.63) is 35.4 Å². The van der Waals surface area contributed by atoms with Gasteiger partial charge in [0, 0.05) is 18.7 Å². The van der Waals surface area contributed by atoms with Crippen molar-refractivity contribution < 1.29 is 4.79 Å². The Bertz CT molecular complexity index is 397. The fourth-order valence-corrected chi connectivity index (χ4v) is 2.29. The van der Waals surface area contributed by atoms with Crippen LogP contribution in [0, 0.1) is 12.8 Å². The van der Waals surface area contributed by atoms with Crippen LogP contribution in [0.3, 0.4) is 0 Å². The van der Waals surface area contributed by atoms with E-state index in [2.05, 4.69) is 0 Å². The Morgan fingerprint density at radius 1 is 1.47 bits per heavy atom. The minimum atomic E-state index is 0.165. The third-order valence-corrected chi connectivity index (χ3v) is 3.33. The van der Waals surface area contributed by atoms with Gasteiger partial charge in [-0.3, -0.25) is 4.79 Å². The monoisotopic (exact) mass is 232 g/mol.